The van der Waals surface area contributed by atoms with Gasteiger partial charge in [-0.15, -0.1) is 0 Å². The maximum Gasteiger partial charge on any atom is 0.317 e. The molecule has 0 bridgehead atoms. The molecule has 2 unspecified atom stereocenters. The molecular formula is C13H25N3O. The number of piperidine rings is 1. The van der Waals surface area contributed by atoms with Crippen LogP contribution in [0.3, 0.4) is 0 Å². The molecule has 2 atom stereocenters. The SMILES string of the molecule is CC1CCCN(C(=O)NC2CCCNCC2)C1. The van der Waals surface area contributed by atoms with Crippen LogP contribution in [0.5, 0.6) is 0 Å². The number of hydrogen-bond donors (Lipinski definition) is 2. The van der Waals surface area contributed by atoms with Gasteiger partial charge in [-0.2, -0.15) is 0 Å². The molecule has 0 aromatic rings. The number of hydrogen-bond acceptors (Lipinski definition) is 2. The Bertz CT molecular complexity index is 249. The van der Waals surface area contributed by atoms with E-state index in [-0.39, 0.29) is 6.03 Å². The van der Waals surface area contributed by atoms with Gasteiger partial charge in [0.25, 0.3) is 0 Å². The van der Waals surface area contributed by atoms with Crippen molar-refractivity contribution in [3.8, 4) is 0 Å². The molecule has 2 fully saturated rings. The monoisotopic (exact) mass is 239 g/mol. The smallest absolute Gasteiger partial charge is 0.317 e. The molecule has 0 saturated carbocycles. The van der Waals surface area contributed by atoms with E-state index in [1.165, 1.54) is 12.8 Å². The Labute approximate surface area is 104 Å². The fourth-order valence-electron chi connectivity index (χ4n) is 2.80. The largest absolute Gasteiger partial charge is 0.335 e. The Kier molecular flexibility index (Phi) is 4.66. The Morgan fingerprint density at radius 3 is 2.94 bits per heavy atom. The van der Waals surface area contributed by atoms with E-state index in [0.29, 0.717) is 12.0 Å². The van der Waals surface area contributed by atoms with Crippen LogP contribution in [0.1, 0.15) is 39.0 Å². The summed E-state index contributed by atoms with van der Waals surface area (Å²) in [5.74, 6) is 0.658. The van der Waals surface area contributed by atoms with Crippen LogP contribution in [0, 0.1) is 5.92 Å². The minimum Gasteiger partial charge on any atom is -0.335 e. The van der Waals surface area contributed by atoms with Crippen molar-refractivity contribution in [3.05, 3.63) is 0 Å². The molecule has 0 aliphatic carbocycles. The first-order valence-electron chi connectivity index (χ1n) is 7.02. The predicted molar refractivity (Wildman–Crippen MR) is 69.0 cm³/mol. The molecule has 2 aliphatic rings. The average molecular weight is 239 g/mol. The number of carbonyl (C=O) groups is 1. The Morgan fingerprint density at radius 1 is 1.24 bits per heavy atom. The minimum atomic E-state index is 0.156. The van der Waals surface area contributed by atoms with Crippen LogP contribution in [-0.4, -0.2) is 43.2 Å². The number of rotatable bonds is 1. The average Bonchev–Trinajstić information content (AvgIpc) is 2.57. The van der Waals surface area contributed by atoms with Gasteiger partial charge in [-0.05, 0) is 51.1 Å². The molecule has 2 heterocycles. The van der Waals surface area contributed by atoms with E-state index < -0.39 is 0 Å². The summed E-state index contributed by atoms with van der Waals surface area (Å²) in [5.41, 5.74) is 0. The number of carbonyl (C=O) groups excluding carboxylic acids is 1. The van der Waals surface area contributed by atoms with Crippen LogP contribution in [-0.2, 0) is 0 Å². The summed E-state index contributed by atoms with van der Waals surface area (Å²) >= 11 is 0. The second kappa shape index (κ2) is 6.24. The summed E-state index contributed by atoms with van der Waals surface area (Å²) in [6, 6.07) is 0.526. The van der Waals surface area contributed by atoms with Crippen LogP contribution in [0.25, 0.3) is 0 Å². The molecule has 0 aromatic heterocycles. The third-order valence-corrected chi connectivity index (χ3v) is 3.85. The van der Waals surface area contributed by atoms with E-state index in [1.807, 2.05) is 4.90 Å². The highest BCUT2D eigenvalue weighted by molar-refractivity contribution is 5.74. The zero-order valence-electron chi connectivity index (χ0n) is 10.9. The number of nitrogens with one attached hydrogen (secondary N) is 2. The first kappa shape index (κ1) is 12.7. The van der Waals surface area contributed by atoms with Crippen LogP contribution >= 0.6 is 0 Å². The van der Waals surface area contributed by atoms with Crippen LogP contribution in [0.2, 0.25) is 0 Å². The van der Waals surface area contributed by atoms with Gasteiger partial charge < -0.3 is 15.5 Å². The lowest BCUT2D eigenvalue weighted by atomic mass is 10.0. The Balaban J connectivity index is 1.78. The molecule has 2 N–H and O–H groups in total. The second-order valence-corrected chi connectivity index (χ2v) is 5.52. The van der Waals surface area contributed by atoms with E-state index >= 15 is 0 Å². The molecule has 0 spiro atoms. The van der Waals surface area contributed by atoms with Crippen LogP contribution < -0.4 is 10.6 Å². The second-order valence-electron chi connectivity index (χ2n) is 5.52. The van der Waals surface area contributed by atoms with Crippen molar-refractivity contribution < 1.29 is 4.79 Å². The summed E-state index contributed by atoms with van der Waals surface area (Å²) in [4.78, 5) is 14.1. The summed E-state index contributed by atoms with van der Waals surface area (Å²) in [6.45, 7) is 6.21. The highest BCUT2D eigenvalue weighted by atomic mass is 16.2. The summed E-state index contributed by atoms with van der Waals surface area (Å²) in [5, 5.41) is 6.57. The van der Waals surface area contributed by atoms with Gasteiger partial charge >= 0.3 is 6.03 Å². The van der Waals surface area contributed by atoms with Gasteiger partial charge in [0.2, 0.25) is 0 Å². The van der Waals surface area contributed by atoms with E-state index in [9.17, 15) is 4.79 Å². The topological polar surface area (TPSA) is 44.4 Å². The zero-order valence-corrected chi connectivity index (χ0v) is 10.9. The van der Waals surface area contributed by atoms with Gasteiger partial charge in [-0.3, -0.25) is 0 Å². The molecule has 2 amide bonds. The van der Waals surface area contributed by atoms with Crippen molar-refractivity contribution in [2.24, 2.45) is 5.92 Å². The number of amides is 2. The summed E-state index contributed by atoms with van der Waals surface area (Å²) < 4.78 is 0. The van der Waals surface area contributed by atoms with Crippen molar-refractivity contribution >= 4 is 6.03 Å². The molecule has 4 heteroatoms. The molecule has 0 radical (unpaired) electrons. The Morgan fingerprint density at radius 2 is 2.12 bits per heavy atom. The van der Waals surface area contributed by atoms with Crippen molar-refractivity contribution in [2.45, 2.75) is 45.1 Å². The maximum atomic E-state index is 12.1. The fourth-order valence-corrected chi connectivity index (χ4v) is 2.80. The van der Waals surface area contributed by atoms with Gasteiger partial charge in [-0.25, -0.2) is 4.79 Å². The van der Waals surface area contributed by atoms with Gasteiger partial charge in [-0.1, -0.05) is 6.92 Å². The van der Waals surface area contributed by atoms with Crippen molar-refractivity contribution in [2.75, 3.05) is 26.2 Å². The van der Waals surface area contributed by atoms with Crippen LogP contribution in [0.4, 0.5) is 4.79 Å². The summed E-state index contributed by atoms with van der Waals surface area (Å²) in [7, 11) is 0. The van der Waals surface area contributed by atoms with E-state index in [1.54, 1.807) is 0 Å². The third kappa shape index (κ3) is 3.87. The highest BCUT2D eigenvalue weighted by Crippen LogP contribution is 2.16. The lowest BCUT2D eigenvalue weighted by molar-refractivity contribution is 0.165. The van der Waals surface area contributed by atoms with Crippen molar-refractivity contribution in [1.29, 1.82) is 0 Å². The first-order valence-corrected chi connectivity index (χ1v) is 7.02. The molecule has 4 nitrogen and oxygen atoms in total. The lowest BCUT2D eigenvalue weighted by Gasteiger charge is -2.32. The van der Waals surface area contributed by atoms with E-state index in [4.69, 9.17) is 0 Å². The summed E-state index contributed by atoms with van der Waals surface area (Å²) in [6.07, 6.45) is 5.76. The molecule has 2 aliphatic heterocycles. The zero-order chi connectivity index (χ0) is 12.1. The number of nitrogens with zero attached hydrogens (tertiary/aromatic N) is 1. The molecule has 2 saturated heterocycles. The quantitative estimate of drug-likeness (QED) is 0.729. The Hall–Kier alpha value is -0.770. The standard InChI is InChI=1S/C13H25N3O/c1-11-4-3-9-16(10-11)13(17)15-12-5-2-7-14-8-6-12/h11-12,14H,2-10H2,1H3,(H,15,17). The molecular weight excluding hydrogens is 214 g/mol. The molecule has 0 aromatic carbocycles. The van der Waals surface area contributed by atoms with Gasteiger partial charge in [0, 0.05) is 19.1 Å². The highest BCUT2D eigenvalue weighted by Gasteiger charge is 2.23. The van der Waals surface area contributed by atoms with Crippen molar-refractivity contribution in [3.63, 3.8) is 0 Å². The van der Waals surface area contributed by atoms with Gasteiger partial charge in [0.15, 0.2) is 0 Å². The number of likely N-dealkylation sites (tertiary alicyclic amines) is 1. The normalized spacial score (nSPS) is 30.8. The number of urea groups is 1. The molecule has 98 valence electrons. The van der Waals surface area contributed by atoms with Gasteiger partial charge in [0.05, 0.1) is 0 Å². The third-order valence-electron chi connectivity index (χ3n) is 3.85. The van der Waals surface area contributed by atoms with E-state index in [0.717, 1.165) is 45.4 Å². The van der Waals surface area contributed by atoms with Gasteiger partial charge in [0.1, 0.15) is 0 Å². The predicted octanol–water partition coefficient (Wildman–Crippen LogP) is 1.57. The van der Waals surface area contributed by atoms with Crippen LogP contribution in [0.15, 0.2) is 0 Å². The van der Waals surface area contributed by atoms with Crippen molar-refractivity contribution in [1.82, 2.24) is 15.5 Å². The maximum absolute atomic E-state index is 12.1. The van der Waals surface area contributed by atoms with E-state index in [2.05, 4.69) is 17.6 Å². The molecule has 17 heavy (non-hydrogen) atoms. The first-order chi connectivity index (χ1) is 8.25. The minimum absolute atomic E-state index is 0.156. The lowest BCUT2D eigenvalue weighted by Crippen LogP contribution is -2.48. The molecule has 2 rings (SSSR count). The fraction of sp³-hybridized carbons (Fsp3) is 0.923.